The van der Waals surface area contributed by atoms with Crippen LogP contribution < -0.4 is 0 Å². The van der Waals surface area contributed by atoms with Crippen LogP contribution in [0, 0.1) is 11.8 Å². The number of ether oxygens (including phenoxy) is 1. The third-order valence-electron chi connectivity index (χ3n) is 2.85. The molecule has 2 aliphatic rings. The fourth-order valence-electron chi connectivity index (χ4n) is 2.35. The van der Waals surface area contributed by atoms with Crippen LogP contribution in [-0.4, -0.2) is 22.9 Å². The summed E-state index contributed by atoms with van der Waals surface area (Å²) in [5.41, 5.74) is -0.0945. The molecule has 13 heavy (non-hydrogen) atoms. The highest BCUT2D eigenvalue weighted by atomic mass is 16.5. The van der Waals surface area contributed by atoms with Crippen molar-refractivity contribution in [2.75, 3.05) is 0 Å². The van der Waals surface area contributed by atoms with E-state index in [1.807, 2.05) is 0 Å². The summed E-state index contributed by atoms with van der Waals surface area (Å²) in [5, 5.41) is 9.75. The Morgan fingerprint density at radius 2 is 2.00 bits per heavy atom. The quantitative estimate of drug-likeness (QED) is 0.626. The van der Waals surface area contributed by atoms with E-state index in [1.165, 1.54) is 0 Å². The van der Waals surface area contributed by atoms with E-state index >= 15 is 0 Å². The van der Waals surface area contributed by atoms with Crippen LogP contribution in [-0.2, 0) is 4.74 Å². The molecule has 2 bridgehead atoms. The zero-order chi connectivity index (χ0) is 9.64. The highest BCUT2D eigenvalue weighted by Gasteiger charge is 2.45. The Balaban J connectivity index is 2.02. The summed E-state index contributed by atoms with van der Waals surface area (Å²) in [6, 6.07) is 0. The first-order chi connectivity index (χ1) is 5.97. The number of hydrogen-bond donors (Lipinski definition) is 1. The SMILES string of the molecule is CC(C)(C)OC1CC2C=CC1C2O. The van der Waals surface area contributed by atoms with Crippen LogP contribution in [0.1, 0.15) is 27.2 Å². The number of hydrogen-bond acceptors (Lipinski definition) is 2. The Morgan fingerprint density at radius 1 is 1.31 bits per heavy atom. The van der Waals surface area contributed by atoms with Crippen molar-refractivity contribution >= 4 is 0 Å². The average Bonchev–Trinajstić information content (AvgIpc) is 2.42. The molecule has 0 aliphatic heterocycles. The Hall–Kier alpha value is -0.340. The molecule has 0 aromatic heterocycles. The summed E-state index contributed by atoms with van der Waals surface area (Å²) in [6.45, 7) is 6.19. The van der Waals surface area contributed by atoms with Gasteiger partial charge in [-0.1, -0.05) is 12.2 Å². The molecule has 2 aliphatic carbocycles. The van der Waals surface area contributed by atoms with E-state index in [0.29, 0.717) is 5.92 Å². The van der Waals surface area contributed by atoms with E-state index in [0.717, 1.165) is 6.42 Å². The lowest BCUT2D eigenvalue weighted by Gasteiger charge is -2.28. The van der Waals surface area contributed by atoms with Crippen LogP contribution in [0.15, 0.2) is 12.2 Å². The van der Waals surface area contributed by atoms with Crippen molar-refractivity contribution in [2.45, 2.75) is 45.0 Å². The summed E-state index contributed by atoms with van der Waals surface area (Å²) >= 11 is 0. The lowest BCUT2D eigenvalue weighted by molar-refractivity contribution is -0.0757. The van der Waals surface area contributed by atoms with Gasteiger partial charge in [-0.15, -0.1) is 0 Å². The van der Waals surface area contributed by atoms with E-state index in [1.54, 1.807) is 0 Å². The molecule has 0 radical (unpaired) electrons. The summed E-state index contributed by atoms with van der Waals surface area (Å²) in [5.74, 6) is 0.585. The molecule has 0 aromatic carbocycles. The van der Waals surface area contributed by atoms with Crippen molar-refractivity contribution in [3.63, 3.8) is 0 Å². The van der Waals surface area contributed by atoms with Gasteiger partial charge >= 0.3 is 0 Å². The molecule has 0 aromatic rings. The van der Waals surface area contributed by atoms with Gasteiger partial charge in [-0.2, -0.15) is 0 Å². The Morgan fingerprint density at radius 3 is 2.38 bits per heavy atom. The van der Waals surface area contributed by atoms with Gasteiger partial charge in [0.2, 0.25) is 0 Å². The van der Waals surface area contributed by atoms with Gasteiger partial charge in [-0.25, -0.2) is 0 Å². The Labute approximate surface area is 79.6 Å². The van der Waals surface area contributed by atoms with Gasteiger partial charge in [0.25, 0.3) is 0 Å². The smallest absolute Gasteiger partial charge is 0.0691 e. The van der Waals surface area contributed by atoms with Crippen LogP contribution >= 0.6 is 0 Å². The molecule has 2 nitrogen and oxygen atoms in total. The molecule has 4 atom stereocenters. The summed E-state index contributed by atoms with van der Waals surface area (Å²) in [4.78, 5) is 0. The Bertz CT molecular complexity index is 227. The number of aliphatic hydroxyl groups excluding tert-OH is 1. The molecule has 4 unspecified atom stereocenters. The molecule has 2 heteroatoms. The first-order valence-corrected chi connectivity index (χ1v) is 5.01. The van der Waals surface area contributed by atoms with E-state index in [9.17, 15) is 5.11 Å². The van der Waals surface area contributed by atoms with Gasteiger partial charge in [0, 0.05) is 11.8 Å². The van der Waals surface area contributed by atoms with E-state index in [4.69, 9.17) is 4.74 Å². The van der Waals surface area contributed by atoms with Crippen molar-refractivity contribution < 1.29 is 9.84 Å². The topological polar surface area (TPSA) is 29.5 Å². The zero-order valence-corrected chi connectivity index (χ0v) is 8.53. The van der Waals surface area contributed by atoms with Crippen LogP contribution in [0.4, 0.5) is 0 Å². The normalized spacial score (nSPS) is 43.1. The average molecular weight is 182 g/mol. The summed E-state index contributed by atoms with van der Waals surface area (Å²) in [7, 11) is 0. The third kappa shape index (κ3) is 1.65. The van der Waals surface area contributed by atoms with E-state index in [-0.39, 0.29) is 23.7 Å². The molecule has 0 saturated heterocycles. The second-order valence-electron chi connectivity index (χ2n) is 5.12. The largest absolute Gasteiger partial charge is 0.392 e. The van der Waals surface area contributed by atoms with Gasteiger partial charge in [-0.05, 0) is 27.2 Å². The molecule has 0 spiro atoms. The monoisotopic (exact) mass is 182 g/mol. The second-order valence-corrected chi connectivity index (χ2v) is 5.12. The molecule has 0 amide bonds. The third-order valence-corrected chi connectivity index (χ3v) is 2.85. The van der Waals surface area contributed by atoms with Gasteiger partial charge in [0.15, 0.2) is 0 Å². The maximum absolute atomic E-state index is 9.75. The zero-order valence-electron chi connectivity index (χ0n) is 8.53. The highest BCUT2D eigenvalue weighted by molar-refractivity contribution is 5.16. The molecule has 74 valence electrons. The van der Waals surface area contributed by atoms with Crippen LogP contribution in [0.3, 0.4) is 0 Å². The fourth-order valence-corrected chi connectivity index (χ4v) is 2.35. The number of aliphatic hydroxyl groups is 1. The molecule has 1 N–H and O–H groups in total. The minimum Gasteiger partial charge on any atom is -0.392 e. The summed E-state index contributed by atoms with van der Waals surface area (Å²) < 4.78 is 5.89. The highest BCUT2D eigenvalue weighted by Crippen LogP contribution is 2.42. The van der Waals surface area contributed by atoms with Crippen molar-refractivity contribution in [3.8, 4) is 0 Å². The predicted octanol–water partition coefficient (Wildman–Crippen LogP) is 1.74. The number of fused-ring (bicyclic) bond motifs is 2. The molecule has 1 fully saturated rings. The molecule has 1 saturated carbocycles. The lowest BCUT2D eigenvalue weighted by atomic mass is 10.0. The van der Waals surface area contributed by atoms with E-state index in [2.05, 4.69) is 32.9 Å². The first kappa shape index (κ1) is 9.22. The molecular formula is C11H18O2. The minimum absolute atomic E-state index is 0.0945. The van der Waals surface area contributed by atoms with Gasteiger partial charge in [-0.3, -0.25) is 0 Å². The second kappa shape index (κ2) is 2.82. The standard InChI is InChI=1S/C11H18O2/c1-11(2,3)13-9-6-7-4-5-8(9)10(7)12/h4-5,7-10,12H,6H2,1-3H3. The van der Waals surface area contributed by atoms with Gasteiger partial charge < -0.3 is 9.84 Å². The predicted molar refractivity (Wildman–Crippen MR) is 51.4 cm³/mol. The maximum atomic E-state index is 9.75. The van der Waals surface area contributed by atoms with Gasteiger partial charge in [0.05, 0.1) is 17.8 Å². The lowest BCUT2D eigenvalue weighted by Crippen LogP contribution is -2.31. The first-order valence-electron chi connectivity index (χ1n) is 5.01. The molecular weight excluding hydrogens is 164 g/mol. The van der Waals surface area contributed by atoms with E-state index < -0.39 is 0 Å². The van der Waals surface area contributed by atoms with Crippen molar-refractivity contribution in [1.29, 1.82) is 0 Å². The fraction of sp³-hybridized carbons (Fsp3) is 0.818. The van der Waals surface area contributed by atoms with Crippen LogP contribution in [0.25, 0.3) is 0 Å². The summed E-state index contributed by atoms with van der Waals surface area (Å²) in [6.07, 6.45) is 5.25. The molecule has 0 heterocycles. The van der Waals surface area contributed by atoms with Crippen molar-refractivity contribution in [2.24, 2.45) is 11.8 Å². The number of rotatable bonds is 1. The van der Waals surface area contributed by atoms with Crippen molar-refractivity contribution in [1.82, 2.24) is 0 Å². The maximum Gasteiger partial charge on any atom is 0.0691 e. The molecule has 2 rings (SSSR count). The Kier molecular flexibility index (Phi) is 2.00. The van der Waals surface area contributed by atoms with Gasteiger partial charge in [0.1, 0.15) is 0 Å². The minimum atomic E-state index is -0.188. The van der Waals surface area contributed by atoms with Crippen molar-refractivity contribution in [3.05, 3.63) is 12.2 Å². The van der Waals surface area contributed by atoms with Crippen LogP contribution in [0.2, 0.25) is 0 Å². The van der Waals surface area contributed by atoms with Crippen LogP contribution in [0.5, 0.6) is 0 Å².